The SMILES string of the molecule is COC(=O)c1cc(N)cnc1Nc1cc(F)ccc1C. The van der Waals surface area contributed by atoms with Crippen LogP contribution in [0.25, 0.3) is 0 Å². The second-order valence-corrected chi connectivity index (χ2v) is 4.24. The standard InChI is InChI=1S/C14H14FN3O2/c1-8-3-4-9(15)5-12(8)18-13-11(14(19)20-2)6-10(16)7-17-13/h3-7H,16H2,1-2H3,(H,17,18). The van der Waals surface area contributed by atoms with Crippen LogP contribution in [0.5, 0.6) is 0 Å². The van der Waals surface area contributed by atoms with Gasteiger partial charge in [0.15, 0.2) is 0 Å². The molecule has 1 aromatic heterocycles. The van der Waals surface area contributed by atoms with Crippen LogP contribution >= 0.6 is 0 Å². The summed E-state index contributed by atoms with van der Waals surface area (Å²) in [6.07, 6.45) is 1.41. The van der Waals surface area contributed by atoms with E-state index in [1.165, 1.54) is 31.5 Å². The molecule has 0 amide bonds. The van der Waals surface area contributed by atoms with Crippen molar-refractivity contribution in [1.82, 2.24) is 4.98 Å². The van der Waals surface area contributed by atoms with Gasteiger partial charge in [0.2, 0.25) is 0 Å². The summed E-state index contributed by atoms with van der Waals surface area (Å²) >= 11 is 0. The average Bonchev–Trinajstić information content (AvgIpc) is 2.43. The number of hydrogen-bond acceptors (Lipinski definition) is 5. The number of nitrogens with zero attached hydrogens (tertiary/aromatic N) is 1. The van der Waals surface area contributed by atoms with Gasteiger partial charge in [-0.15, -0.1) is 0 Å². The molecule has 0 atom stereocenters. The van der Waals surface area contributed by atoms with Crippen molar-refractivity contribution in [2.45, 2.75) is 6.92 Å². The number of esters is 1. The Morgan fingerprint density at radius 3 is 2.85 bits per heavy atom. The summed E-state index contributed by atoms with van der Waals surface area (Å²) < 4.78 is 17.9. The van der Waals surface area contributed by atoms with Crippen LogP contribution in [-0.4, -0.2) is 18.1 Å². The summed E-state index contributed by atoms with van der Waals surface area (Å²) in [7, 11) is 1.27. The Morgan fingerprint density at radius 1 is 1.40 bits per heavy atom. The van der Waals surface area contributed by atoms with E-state index in [-0.39, 0.29) is 17.2 Å². The molecular weight excluding hydrogens is 261 g/mol. The zero-order valence-electron chi connectivity index (χ0n) is 11.1. The fourth-order valence-electron chi connectivity index (χ4n) is 1.70. The lowest BCUT2D eigenvalue weighted by atomic mass is 10.2. The van der Waals surface area contributed by atoms with E-state index < -0.39 is 5.97 Å². The Morgan fingerprint density at radius 2 is 2.15 bits per heavy atom. The van der Waals surface area contributed by atoms with Gasteiger partial charge in [0, 0.05) is 5.69 Å². The number of benzene rings is 1. The van der Waals surface area contributed by atoms with Gasteiger partial charge in [-0.3, -0.25) is 0 Å². The minimum atomic E-state index is -0.568. The molecule has 6 heteroatoms. The fraction of sp³-hybridized carbons (Fsp3) is 0.143. The van der Waals surface area contributed by atoms with Gasteiger partial charge in [-0.1, -0.05) is 6.07 Å². The first kappa shape index (κ1) is 13.8. The maximum absolute atomic E-state index is 13.3. The number of anilines is 3. The van der Waals surface area contributed by atoms with Crippen molar-refractivity contribution in [1.29, 1.82) is 0 Å². The number of nitrogens with two attached hydrogens (primary N) is 1. The molecule has 0 aliphatic rings. The van der Waals surface area contributed by atoms with E-state index in [0.717, 1.165) is 5.56 Å². The number of carbonyl (C=O) groups is 1. The number of methoxy groups -OCH3 is 1. The van der Waals surface area contributed by atoms with Crippen molar-refractivity contribution in [3.8, 4) is 0 Å². The van der Waals surface area contributed by atoms with Gasteiger partial charge in [0.1, 0.15) is 17.2 Å². The smallest absolute Gasteiger partial charge is 0.341 e. The molecule has 0 saturated carbocycles. The van der Waals surface area contributed by atoms with Gasteiger partial charge in [0.05, 0.1) is 19.0 Å². The number of ether oxygens (including phenoxy) is 1. The lowest BCUT2D eigenvalue weighted by molar-refractivity contribution is 0.0601. The second kappa shape index (κ2) is 5.56. The Balaban J connectivity index is 2.43. The molecule has 1 heterocycles. The van der Waals surface area contributed by atoms with Crippen LogP contribution in [0.1, 0.15) is 15.9 Å². The number of nitrogens with one attached hydrogen (secondary N) is 1. The topological polar surface area (TPSA) is 77.2 Å². The van der Waals surface area contributed by atoms with Crippen LogP contribution in [0.4, 0.5) is 21.6 Å². The summed E-state index contributed by atoms with van der Waals surface area (Å²) in [5.74, 6) is -0.686. The largest absolute Gasteiger partial charge is 0.465 e. The molecule has 20 heavy (non-hydrogen) atoms. The molecule has 0 spiro atoms. The Labute approximate surface area is 115 Å². The van der Waals surface area contributed by atoms with Crippen molar-refractivity contribution in [3.63, 3.8) is 0 Å². The van der Waals surface area contributed by atoms with Gasteiger partial charge < -0.3 is 15.8 Å². The van der Waals surface area contributed by atoms with Crippen LogP contribution in [-0.2, 0) is 4.74 Å². The second-order valence-electron chi connectivity index (χ2n) is 4.24. The molecule has 3 N–H and O–H groups in total. The minimum Gasteiger partial charge on any atom is -0.465 e. The van der Waals surface area contributed by atoms with Crippen molar-refractivity contribution in [3.05, 3.63) is 47.4 Å². The maximum atomic E-state index is 13.3. The maximum Gasteiger partial charge on any atom is 0.341 e. The lowest BCUT2D eigenvalue weighted by Gasteiger charge is -2.12. The highest BCUT2D eigenvalue weighted by Crippen LogP contribution is 2.24. The van der Waals surface area contributed by atoms with E-state index in [1.807, 2.05) is 6.92 Å². The first-order valence-corrected chi connectivity index (χ1v) is 5.88. The summed E-state index contributed by atoms with van der Waals surface area (Å²) in [6.45, 7) is 1.82. The highest BCUT2D eigenvalue weighted by Gasteiger charge is 2.14. The number of aromatic nitrogens is 1. The number of aryl methyl sites for hydroxylation is 1. The number of halogens is 1. The molecule has 0 aliphatic heterocycles. The van der Waals surface area contributed by atoms with E-state index in [1.54, 1.807) is 6.07 Å². The van der Waals surface area contributed by atoms with Gasteiger partial charge >= 0.3 is 5.97 Å². The molecule has 0 saturated heterocycles. The predicted octanol–water partition coefficient (Wildman–Crippen LogP) is 2.64. The van der Waals surface area contributed by atoms with Crippen LogP contribution in [0.3, 0.4) is 0 Å². The molecule has 0 bridgehead atoms. The van der Waals surface area contributed by atoms with Gasteiger partial charge in [0.25, 0.3) is 0 Å². The van der Waals surface area contributed by atoms with Crippen molar-refractivity contribution in [2.24, 2.45) is 0 Å². The number of nitrogen functional groups attached to an aromatic ring is 1. The molecule has 2 aromatic rings. The average molecular weight is 275 g/mol. The third-order valence-corrected chi connectivity index (χ3v) is 2.77. The summed E-state index contributed by atoms with van der Waals surface area (Å²) in [4.78, 5) is 15.8. The Kier molecular flexibility index (Phi) is 3.84. The number of carbonyl (C=O) groups excluding carboxylic acids is 1. The van der Waals surface area contributed by atoms with Crippen LogP contribution in [0, 0.1) is 12.7 Å². The predicted molar refractivity (Wildman–Crippen MR) is 74.4 cm³/mol. The van der Waals surface area contributed by atoms with E-state index in [0.29, 0.717) is 11.4 Å². The number of pyridine rings is 1. The quantitative estimate of drug-likeness (QED) is 0.842. The monoisotopic (exact) mass is 275 g/mol. The zero-order valence-corrected chi connectivity index (χ0v) is 11.1. The molecule has 5 nitrogen and oxygen atoms in total. The lowest BCUT2D eigenvalue weighted by Crippen LogP contribution is -2.09. The molecule has 0 radical (unpaired) electrons. The van der Waals surface area contributed by atoms with Crippen LogP contribution < -0.4 is 11.1 Å². The fourth-order valence-corrected chi connectivity index (χ4v) is 1.70. The van der Waals surface area contributed by atoms with Crippen LogP contribution in [0.2, 0.25) is 0 Å². The molecule has 1 aromatic carbocycles. The zero-order chi connectivity index (χ0) is 14.7. The van der Waals surface area contributed by atoms with Crippen LogP contribution in [0.15, 0.2) is 30.5 Å². The van der Waals surface area contributed by atoms with Gasteiger partial charge in [-0.25, -0.2) is 14.2 Å². The Hall–Kier alpha value is -2.63. The van der Waals surface area contributed by atoms with Gasteiger partial charge in [-0.2, -0.15) is 0 Å². The molecule has 2 rings (SSSR count). The first-order valence-electron chi connectivity index (χ1n) is 5.88. The van der Waals surface area contributed by atoms with E-state index >= 15 is 0 Å². The normalized spacial score (nSPS) is 10.2. The highest BCUT2D eigenvalue weighted by atomic mass is 19.1. The van der Waals surface area contributed by atoms with E-state index in [4.69, 9.17) is 5.73 Å². The molecule has 0 fully saturated rings. The highest BCUT2D eigenvalue weighted by molar-refractivity contribution is 5.96. The van der Waals surface area contributed by atoms with Crippen molar-refractivity contribution in [2.75, 3.05) is 18.2 Å². The number of rotatable bonds is 3. The molecule has 0 aliphatic carbocycles. The number of hydrogen-bond donors (Lipinski definition) is 2. The van der Waals surface area contributed by atoms with E-state index in [9.17, 15) is 9.18 Å². The Bertz CT molecular complexity index is 659. The van der Waals surface area contributed by atoms with Gasteiger partial charge in [-0.05, 0) is 30.7 Å². The van der Waals surface area contributed by atoms with Crippen molar-refractivity contribution >= 4 is 23.2 Å². The molecule has 104 valence electrons. The molecule has 0 unspecified atom stereocenters. The summed E-state index contributed by atoms with van der Waals surface area (Å²) in [6, 6.07) is 5.77. The minimum absolute atomic E-state index is 0.191. The third-order valence-electron chi connectivity index (χ3n) is 2.77. The first-order chi connectivity index (χ1) is 9.51. The molecular formula is C14H14FN3O2. The van der Waals surface area contributed by atoms with E-state index in [2.05, 4.69) is 15.0 Å². The third kappa shape index (κ3) is 2.85. The van der Waals surface area contributed by atoms with Crippen molar-refractivity contribution < 1.29 is 13.9 Å². The summed E-state index contributed by atoms with van der Waals surface area (Å²) in [5, 5.41) is 2.92. The summed E-state index contributed by atoms with van der Waals surface area (Å²) in [5.41, 5.74) is 7.48.